The minimum atomic E-state index is 0.721. The predicted octanol–water partition coefficient (Wildman–Crippen LogP) is 6.70. The van der Waals surface area contributed by atoms with Gasteiger partial charge in [0.1, 0.15) is 11.7 Å². The zero-order chi connectivity index (χ0) is 22.9. The Morgan fingerprint density at radius 2 is 1.15 bits per heavy atom. The summed E-state index contributed by atoms with van der Waals surface area (Å²) in [6.07, 6.45) is 13.1. The number of unbranched alkanes of at least 4 members (excludes halogenated alkanes) is 4. The minimum Gasteiger partial charge on any atom is -0.324 e. The van der Waals surface area contributed by atoms with Crippen LogP contribution in [-0.2, 0) is 12.8 Å². The third-order valence-corrected chi connectivity index (χ3v) is 5.88. The fourth-order valence-corrected chi connectivity index (χ4v) is 4.06. The Bertz CT molecular complexity index is 1040. The van der Waals surface area contributed by atoms with Crippen molar-refractivity contribution in [2.75, 3.05) is 0 Å². The van der Waals surface area contributed by atoms with Crippen molar-refractivity contribution in [2.45, 2.75) is 65.2 Å². The topological polar surface area (TPSA) is 62.5 Å². The van der Waals surface area contributed by atoms with Gasteiger partial charge in [-0.15, -0.1) is 0 Å². The van der Waals surface area contributed by atoms with E-state index >= 15 is 0 Å². The Hall–Kier alpha value is -3.34. The predicted molar refractivity (Wildman–Crippen MR) is 137 cm³/mol. The van der Waals surface area contributed by atoms with E-state index in [0.717, 1.165) is 47.3 Å². The number of amidine groups is 2. The van der Waals surface area contributed by atoms with E-state index in [1.165, 1.54) is 49.7 Å². The summed E-state index contributed by atoms with van der Waals surface area (Å²) in [5.41, 5.74) is 4.63. The van der Waals surface area contributed by atoms with Gasteiger partial charge in [0.05, 0.1) is 0 Å². The zero-order valence-electron chi connectivity index (χ0n) is 19.7. The zero-order valence-corrected chi connectivity index (χ0v) is 19.7. The van der Waals surface area contributed by atoms with E-state index < -0.39 is 0 Å². The van der Waals surface area contributed by atoms with Gasteiger partial charge in [-0.3, -0.25) is 0 Å². The number of aliphatic imine (C=N–C) groups is 2. The molecule has 1 N–H and O–H groups in total. The van der Waals surface area contributed by atoms with Crippen LogP contribution in [0.2, 0.25) is 0 Å². The number of nitrogens with one attached hydrogen (secondary N) is 1. The number of hydrogen-bond donors (Lipinski definition) is 1. The van der Waals surface area contributed by atoms with Crippen molar-refractivity contribution in [2.24, 2.45) is 9.98 Å². The molecule has 5 heteroatoms. The van der Waals surface area contributed by atoms with Crippen molar-refractivity contribution in [3.8, 4) is 0 Å². The molecule has 170 valence electrons. The minimum absolute atomic E-state index is 0.721. The van der Waals surface area contributed by atoms with Gasteiger partial charge in [0.2, 0.25) is 0 Å². The summed E-state index contributed by atoms with van der Waals surface area (Å²) < 4.78 is 0. The third-order valence-electron chi connectivity index (χ3n) is 5.88. The Morgan fingerprint density at radius 1 is 0.667 bits per heavy atom. The lowest BCUT2D eigenvalue weighted by Crippen LogP contribution is -2.22. The smallest absolute Gasteiger partial charge is 0.154 e. The Morgan fingerprint density at radius 3 is 1.61 bits per heavy atom. The normalized spacial score (nSPS) is 15.1. The Kier molecular flexibility index (Phi) is 7.96. The number of nitrogens with zero attached hydrogens (tertiary/aromatic N) is 4. The number of benzene rings is 1. The van der Waals surface area contributed by atoms with Gasteiger partial charge in [0.25, 0.3) is 0 Å². The monoisotopic (exact) mass is 439 g/mol. The molecular formula is C28H33N5. The average Bonchev–Trinajstić information content (AvgIpc) is 3.17. The molecule has 1 aliphatic rings. The number of fused-ring (bicyclic) bond motifs is 1. The standard InChI is InChI=1S/C28H33N5/c1-3-5-7-11-21-15-17-29-25(19-21)31-27-23-13-9-10-14-24(23)28(33-27)32-26-20-22(16-18-30-26)12-8-6-4-2/h9-10,13-20H,3-8,11-12H2,1-2H3,(H,29,30,31,32,33). The molecule has 0 fully saturated rings. The van der Waals surface area contributed by atoms with E-state index in [1.807, 2.05) is 24.5 Å². The molecule has 3 aromatic rings. The van der Waals surface area contributed by atoms with Crippen molar-refractivity contribution in [3.05, 3.63) is 83.2 Å². The number of aromatic nitrogens is 2. The molecule has 2 aromatic heterocycles. The molecule has 0 spiro atoms. The second kappa shape index (κ2) is 11.5. The molecule has 0 unspecified atom stereocenters. The van der Waals surface area contributed by atoms with E-state index in [0.29, 0.717) is 0 Å². The van der Waals surface area contributed by atoms with E-state index in [9.17, 15) is 0 Å². The summed E-state index contributed by atoms with van der Waals surface area (Å²) in [6, 6.07) is 16.5. The van der Waals surface area contributed by atoms with E-state index in [2.05, 4.69) is 65.5 Å². The van der Waals surface area contributed by atoms with Crippen LogP contribution in [0.1, 0.15) is 74.6 Å². The van der Waals surface area contributed by atoms with Crippen LogP contribution in [0.4, 0.5) is 11.6 Å². The van der Waals surface area contributed by atoms with E-state index in [4.69, 9.17) is 9.98 Å². The van der Waals surface area contributed by atoms with Crippen molar-refractivity contribution in [1.82, 2.24) is 15.3 Å². The second-order valence-corrected chi connectivity index (χ2v) is 8.55. The van der Waals surface area contributed by atoms with Gasteiger partial charge in [0.15, 0.2) is 11.6 Å². The third kappa shape index (κ3) is 6.13. The molecule has 5 nitrogen and oxygen atoms in total. The molecule has 3 heterocycles. The van der Waals surface area contributed by atoms with Gasteiger partial charge >= 0.3 is 0 Å². The molecule has 0 saturated carbocycles. The highest BCUT2D eigenvalue weighted by molar-refractivity contribution is 6.26. The van der Waals surface area contributed by atoms with Crippen LogP contribution in [0, 0.1) is 0 Å². The fourth-order valence-electron chi connectivity index (χ4n) is 4.06. The molecule has 0 radical (unpaired) electrons. The van der Waals surface area contributed by atoms with Crippen molar-refractivity contribution < 1.29 is 0 Å². The molecule has 0 atom stereocenters. The number of hydrogen-bond acceptors (Lipinski definition) is 4. The van der Waals surface area contributed by atoms with Crippen LogP contribution in [-0.4, -0.2) is 21.6 Å². The highest BCUT2D eigenvalue weighted by atomic mass is 15.1. The highest BCUT2D eigenvalue weighted by Crippen LogP contribution is 2.22. The van der Waals surface area contributed by atoms with Crippen LogP contribution in [0.5, 0.6) is 0 Å². The lowest BCUT2D eigenvalue weighted by Gasteiger charge is -2.04. The molecule has 33 heavy (non-hydrogen) atoms. The number of pyridine rings is 2. The summed E-state index contributed by atoms with van der Waals surface area (Å²) in [5, 5.41) is 3.42. The second-order valence-electron chi connectivity index (χ2n) is 8.55. The summed E-state index contributed by atoms with van der Waals surface area (Å²) >= 11 is 0. The highest BCUT2D eigenvalue weighted by Gasteiger charge is 2.23. The van der Waals surface area contributed by atoms with Crippen LogP contribution in [0.15, 0.2) is 70.9 Å². The van der Waals surface area contributed by atoms with E-state index in [-0.39, 0.29) is 0 Å². The first kappa shape index (κ1) is 22.8. The molecule has 0 amide bonds. The first-order chi connectivity index (χ1) is 16.3. The lowest BCUT2D eigenvalue weighted by molar-refractivity contribution is 0.717. The maximum absolute atomic E-state index is 4.84. The van der Waals surface area contributed by atoms with Crippen LogP contribution < -0.4 is 5.32 Å². The SMILES string of the molecule is CCCCCc1ccnc(N=C2NC(=Nc3cc(CCCCC)ccn3)c3ccccc32)c1. The first-order valence-electron chi connectivity index (χ1n) is 12.2. The summed E-state index contributed by atoms with van der Waals surface area (Å²) in [6.45, 7) is 4.45. The van der Waals surface area contributed by atoms with E-state index in [1.54, 1.807) is 0 Å². The average molecular weight is 440 g/mol. The largest absolute Gasteiger partial charge is 0.324 e. The van der Waals surface area contributed by atoms with Crippen LogP contribution >= 0.6 is 0 Å². The lowest BCUT2D eigenvalue weighted by atomic mass is 10.1. The quantitative estimate of drug-likeness (QED) is 0.357. The molecule has 4 rings (SSSR count). The molecule has 0 saturated heterocycles. The van der Waals surface area contributed by atoms with Gasteiger partial charge < -0.3 is 5.32 Å². The summed E-state index contributed by atoms with van der Waals surface area (Å²) in [7, 11) is 0. The maximum atomic E-state index is 4.84. The van der Waals surface area contributed by atoms with Gasteiger partial charge in [-0.05, 0) is 61.1 Å². The Labute approximate surface area is 197 Å². The van der Waals surface area contributed by atoms with Gasteiger partial charge in [0, 0.05) is 23.5 Å². The fraction of sp³-hybridized carbons (Fsp3) is 0.357. The van der Waals surface area contributed by atoms with Crippen molar-refractivity contribution in [1.29, 1.82) is 0 Å². The van der Waals surface area contributed by atoms with Gasteiger partial charge in [-0.1, -0.05) is 63.8 Å². The molecular weight excluding hydrogens is 406 g/mol. The van der Waals surface area contributed by atoms with Gasteiger partial charge in [-0.2, -0.15) is 0 Å². The number of rotatable bonds is 10. The number of aryl methyl sites for hydroxylation is 2. The maximum Gasteiger partial charge on any atom is 0.154 e. The Balaban J connectivity index is 1.58. The van der Waals surface area contributed by atoms with Crippen molar-refractivity contribution in [3.63, 3.8) is 0 Å². The molecule has 1 aliphatic heterocycles. The first-order valence-corrected chi connectivity index (χ1v) is 12.2. The molecule has 0 bridgehead atoms. The van der Waals surface area contributed by atoms with Gasteiger partial charge in [-0.25, -0.2) is 20.0 Å². The van der Waals surface area contributed by atoms with Crippen molar-refractivity contribution >= 4 is 23.3 Å². The summed E-state index contributed by atoms with van der Waals surface area (Å²) in [5.74, 6) is 3.00. The molecule has 1 aromatic carbocycles. The van der Waals surface area contributed by atoms with Crippen LogP contribution in [0.25, 0.3) is 0 Å². The van der Waals surface area contributed by atoms with Crippen LogP contribution in [0.3, 0.4) is 0 Å². The molecule has 0 aliphatic carbocycles. The summed E-state index contributed by atoms with van der Waals surface area (Å²) in [4.78, 5) is 18.6.